The molecule has 1 aliphatic carbocycles. The van der Waals surface area contributed by atoms with Crippen molar-refractivity contribution in [1.29, 1.82) is 0 Å². The van der Waals surface area contributed by atoms with Crippen molar-refractivity contribution in [3.63, 3.8) is 0 Å². The SMILES string of the molecule is CN(C)C(=O)c1cc2cccc3c2n1CCCn1c-3c(C2CCCCC2)c2ccc(C(=O)O)cc21. The van der Waals surface area contributed by atoms with Crippen LogP contribution in [-0.2, 0) is 13.1 Å². The standard InChI is InChI=1S/C29H31N3O3/c1-30(2)28(33)24-16-19-10-6-11-22-26(19)32(24)15-7-14-31-23-17-20(29(34)35)12-13-21(23)25(27(22)31)18-8-4-3-5-9-18/h6,10-13,16-18H,3-5,7-9,14-15H2,1-2H3,(H,34,35). The molecule has 4 aromatic rings. The summed E-state index contributed by atoms with van der Waals surface area (Å²) in [5.74, 6) is -0.415. The number of carbonyl (C=O) groups excluding carboxylic acids is 1. The maximum Gasteiger partial charge on any atom is 0.335 e. The van der Waals surface area contributed by atoms with Crippen LogP contribution in [0.5, 0.6) is 0 Å². The lowest BCUT2D eigenvalue weighted by Gasteiger charge is -2.25. The highest BCUT2D eigenvalue weighted by molar-refractivity contribution is 6.06. The maximum atomic E-state index is 13.1. The molecule has 0 radical (unpaired) electrons. The minimum absolute atomic E-state index is 0.0203. The molecule has 0 spiro atoms. The van der Waals surface area contributed by atoms with Crippen LogP contribution in [-0.4, -0.2) is 45.1 Å². The van der Waals surface area contributed by atoms with Crippen LogP contribution in [0.2, 0.25) is 0 Å². The minimum Gasteiger partial charge on any atom is -0.478 e. The molecule has 1 fully saturated rings. The van der Waals surface area contributed by atoms with Gasteiger partial charge in [-0.3, -0.25) is 4.79 Å². The van der Waals surface area contributed by atoms with Crippen LogP contribution in [0.1, 0.15) is 70.9 Å². The van der Waals surface area contributed by atoms with Gasteiger partial charge in [-0.1, -0.05) is 43.5 Å². The number of rotatable bonds is 3. The van der Waals surface area contributed by atoms with Crippen LogP contribution < -0.4 is 0 Å². The Kier molecular flexibility index (Phi) is 5.20. The van der Waals surface area contributed by atoms with Gasteiger partial charge in [0.05, 0.1) is 16.8 Å². The number of amides is 1. The van der Waals surface area contributed by atoms with E-state index in [9.17, 15) is 14.7 Å². The van der Waals surface area contributed by atoms with Crippen molar-refractivity contribution in [2.24, 2.45) is 0 Å². The number of aryl methyl sites for hydroxylation is 2. The van der Waals surface area contributed by atoms with E-state index in [2.05, 4.69) is 27.3 Å². The number of para-hydroxylation sites is 1. The molecule has 6 rings (SSSR count). The lowest BCUT2D eigenvalue weighted by atomic mass is 9.81. The van der Waals surface area contributed by atoms with Gasteiger partial charge in [-0.25, -0.2) is 4.79 Å². The predicted octanol–water partition coefficient (Wildman–Crippen LogP) is 6.11. The predicted molar refractivity (Wildman–Crippen MR) is 138 cm³/mol. The van der Waals surface area contributed by atoms with Gasteiger partial charge in [-0.15, -0.1) is 0 Å². The van der Waals surface area contributed by atoms with Crippen molar-refractivity contribution < 1.29 is 14.7 Å². The molecule has 2 aromatic heterocycles. The Balaban J connectivity index is 1.70. The van der Waals surface area contributed by atoms with Crippen molar-refractivity contribution in [1.82, 2.24) is 14.0 Å². The zero-order valence-electron chi connectivity index (χ0n) is 20.4. The molecule has 6 heteroatoms. The fourth-order valence-corrected chi connectivity index (χ4v) is 6.38. The average molecular weight is 470 g/mol. The van der Waals surface area contributed by atoms with E-state index in [1.54, 1.807) is 25.1 Å². The fourth-order valence-electron chi connectivity index (χ4n) is 6.38. The first-order valence-corrected chi connectivity index (χ1v) is 12.7. The second-order valence-corrected chi connectivity index (χ2v) is 10.3. The van der Waals surface area contributed by atoms with E-state index in [-0.39, 0.29) is 5.91 Å². The van der Waals surface area contributed by atoms with Gasteiger partial charge in [-0.2, -0.15) is 0 Å². The van der Waals surface area contributed by atoms with E-state index < -0.39 is 5.97 Å². The molecule has 1 N–H and O–H groups in total. The molecule has 0 bridgehead atoms. The molecule has 35 heavy (non-hydrogen) atoms. The Morgan fingerprint density at radius 1 is 0.943 bits per heavy atom. The summed E-state index contributed by atoms with van der Waals surface area (Å²) in [6.45, 7) is 1.52. The first-order chi connectivity index (χ1) is 17.0. The second kappa shape index (κ2) is 8.29. The normalized spacial score (nSPS) is 16.2. The molecule has 1 saturated carbocycles. The molecule has 0 unspecified atom stereocenters. The summed E-state index contributed by atoms with van der Waals surface area (Å²) >= 11 is 0. The molecule has 0 saturated heterocycles. The molecule has 1 aliphatic heterocycles. The number of aromatic carboxylic acids is 1. The smallest absolute Gasteiger partial charge is 0.335 e. The number of carboxylic acid groups (broad SMARTS) is 1. The summed E-state index contributed by atoms with van der Waals surface area (Å²) in [6.07, 6.45) is 6.92. The van der Waals surface area contributed by atoms with Gasteiger partial charge >= 0.3 is 5.97 Å². The number of hydrogen-bond acceptors (Lipinski definition) is 2. The Bertz CT molecular complexity index is 1480. The van der Waals surface area contributed by atoms with Crippen molar-refractivity contribution in [3.8, 4) is 11.3 Å². The van der Waals surface area contributed by atoms with Crippen LogP contribution in [0.15, 0.2) is 42.5 Å². The Labute approximate surface area is 204 Å². The van der Waals surface area contributed by atoms with E-state index >= 15 is 0 Å². The third-order valence-electron chi connectivity index (χ3n) is 7.93. The molecule has 2 aliphatic rings. The number of carbonyl (C=O) groups is 2. The zero-order chi connectivity index (χ0) is 24.3. The number of nitrogens with zero attached hydrogens (tertiary/aromatic N) is 3. The lowest BCUT2D eigenvalue weighted by Crippen LogP contribution is -2.25. The third-order valence-corrected chi connectivity index (χ3v) is 7.93. The number of aromatic nitrogens is 2. The van der Waals surface area contributed by atoms with Crippen LogP contribution in [0.25, 0.3) is 33.1 Å². The molecule has 0 atom stereocenters. The Morgan fingerprint density at radius 3 is 2.46 bits per heavy atom. The van der Waals surface area contributed by atoms with Crippen molar-refractivity contribution in [3.05, 3.63) is 59.3 Å². The van der Waals surface area contributed by atoms with Crippen LogP contribution >= 0.6 is 0 Å². The fraction of sp³-hybridized carbons (Fsp3) is 0.379. The third kappa shape index (κ3) is 3.38. The summed E-state index contributed by atoms with van der Waals surface area (Å²) in [5, 5.41) is 12.0. The van der Waals surface area contributed by atoms with Gasteiger partial charge in [0, 0.05) is 49.0 Å². The molecule has 6 nitrogen and oxygen atoms in total. The summed E-state index contributed by atoms with van der Waals surface area (Å²) in [7, 11) is 3.60. The van der Waals surface area contributed by atoms with Crippen LogP contribution in [0.3, 0.4) is 0 Å². The largest absolute Gasteiger partial charge is 0.478 e. The van der Waals surface area contributed by atoms with Crippen molar-refractivity contribution in [2.75, 3.05) is 14.1 Å². The number of benzene rings is 2. The van der Waals surface area contributed by atoms with E-state index in [4.69, 9.17) is 0 Å². The van der Waals surface area contributed by atoms with Crippen molar-refractivity contribution in [2.45, 2.75) is 57.5 Å². The molecular weight excluding hydrogens is 438 g/mol. The van der Waals surface area contributed by atoms with E-state index in [0.717, 1.165) is 60.0 Å². The molecular formula is C29H31N3O3. The summed E-state index contributed by atoms with van der Waals surface area (Å²) in [6, 6.07) is 14.0. The van der Waals surface area contributed by atoms with Crippen LogP contribution in [0, 0.1) is 0 Å². The monoisotopic (exact) mass is 469 g/mol. The number of hydrogen-bond donors (Lipinski definition) is 1. The second-order valence-electron chi connectivity index (χ2n) is 10.3. The summed E-state index contributed by atoms with van der Waals surface area (Å²) in [5.41, 5.74) is 6.90. The van der Waals surface area contributed by atoms with Crippen LogP contribution in [0.4, 0.5) is 0 Å². The zero-order valence-corrected chi connectivity index (χ0v) is 20.4. The van der Waals surface area contributed by atoms with Gasteiger partial charge in [0.2, 0.25) is 0 Å². The minimum atomic E-state index is -0.893. The summed E-state index contributed by atoms with van der Waals surface area (Å²) < 4.78 is 4.58. The van der Waals surface area contributed by atoms with E-state index in [1.165, 1.54) is 35.9 Å². The molecule has 180 valence electrons. The quantitative estimate of drug-likeness (QED) is 0.393. The van der Waals surface area contributed by atoms with Gasteiger partial charge < -0.3 is 19.1 Å². The first kappa shape index (κ1) is 22.0. The first-order valence-electron chi connectivity index (χ1n) is 12.7. The summed E-state index contributed by atoms with van der Waals surface area (Å²) in [4.78, 5) is 26.6. The van der Waals surface area contributed by atoms with E-state index in [0.29, 0.717) is 11.5 Å². The van der Waals surface area contributed by atoms with Gasteiger partial charge in [0.25, 0.3) is 5.91 Å². The van der Waals surface area contributed by atoms with E-state index in [1.807, 2.05) is 18.2 Å². The Hall–Kier alpha value is -3.54. The topological polar surface area (TPSA) is 67.5 Å². The number of carboxylic acids is 1. The molecule has 3 heterocycles. The number of fused-ring (bicyclic) bond motifs is 4. The Morgan fingerprint density at radius 2 is 1.71 bits per heavy atom. The lowest BCUT2D eigenvalue weighted by molar-refractivity contribution is 0.0696. The van der Waals surface area contributed by atoms with Gasteiger partial charge in [0.15, 0.2) is 0 Å². The maximum absolute atomic E-state index is 13.1. The highest BCUT2D eigenvalue weighted by Crippen LogP contribution is 2.46. The molecule has 1 amide bonds. The van der Waals surface area contributed by atoms with Gasteiger partial charge in [0.1, 0.15) is 5.69 Å². The highest BCUT2D eigenvalue weighted by Gasteiger charge is 2.30. The highest BCUT2D eigenvalue weighted by atomic mass is 16.4. The van der Waals surface area contributed by atoms with Gasteiger partial charge in [-0.05, 0) is 48.9 Å². The molecule has 2 aromatic carbocycles. The average Bonchev–Trinajstić information content (AvgIpc) is 3.38. The van der Waals surface area contributed by atoms with Crippen molar-refractivity contribution >= 4 is 33.7 Å².